The van der Waals surface area contributed by atoms with Crippen LogP contribution in [0.5, 0.6) is 0 Å². The molecule has 0 bridgehead atoms. The van der Waals surface area contributed by atoms with E-state index in [-0.39, 0.29) is 23.0 Å². The minimum Gasteiger partial charge on any atom is -0.326 e. The van der Waals surface area contributed by atoms with E-state index in [1.165, 1.54) is 24.9 Å². The molecule has 0 radical (unpaired) electrons. The lowest BCUT2D eigenvalue weighted by atomic mass is 10.1. The van der Waals surface area contributed by atoms with Crippen molar-refractivity contribution in [3.05, 3.63) is 48.2 Å². The molecule has 7 nitrogen and oxygen atoms in total. The number of carbonyl (C=O) groups is 2. The summed E-state index contributed by atoms with van der Waals surface area (Å²) in [5, 5.41) is 3.47. The first-order valence-electron chi connectivity index (χ1n) is 10.4. The summed E-state index contributed by atoms with van der Waals surface area (Å²) in [6, 6.07) is 10.0. The quantitative estimate of drug-likeness (QED) is 0.472. The van der Waals surface area contributed by atoms with Crippen LogP contribution in [0.25, 0.3) is 0 Å². The van der Waals surface area contributed by atoms with Gasteiger partial charge in [-0.3, -0.25) is 9.59 Å². The Bertz CT molecular complexity index is 998. The van der Waals surface area contributed by atoms with Gasteiger partial charge in [-0.1, -0.05) is 12.8 Å². The lowest BCUT2D eigenvalue weighted by Gasteiger charge is -2.19. The number of carbonyl (C=O) groups excluding carboxylic acids is 2. The highest BCUT2D eigenvalue weighted by Gasteiger charge is 2.25. The van der Waals surface area contributed by atoms with Crippen LogP contribution in [0, 0.1) is 0 Å². The molecule has 1 aliphatic rings. The Kier molecular flexibility index (Phi) is 8.22. The second kappa shape index (κ2) is 10.9. The van der Waals surface area contributed by atoms with Crippen LogP contribution in [0.2, 0.25) is 0 Å². The molecular weight excluding hydrogens is 434 g/mol. The Hall–Kier alpha value is -2.23. The number of aromatic nitrogens is 1. The molecule has 2 aromatic rings. The summed E-state index contributed by atoms with van der Waals surface area (Å²) in [7, 11) is -3.50. The molecule has 166 valence electrons. The Balaban J connectivity index is 1.48. The van der Waals surface area contributed by atoms with Crippen molar-refractivity contribution >= 4 is 39.2 Å². The van der Waals surface area contributed by atoms with Crippen molar-refractivity contribution in [2.45, 2.75) is 48.9 Å². The van der Waals surface area contributed by atoms with Crippen LogP contribution >= 0.6 is 11.8 Å². The summed E-state index contributed by atoms with van der Waals surface area (Å²) in [4.78, 5) is 27.9. The zero-order chi connectivity index (χ0) is 22.3. The SMILES string of the molecule is CC(=O)c1ccc(NC(=O)CCSc2ccc(S(=O)(=O)N3CCCCCC3)cn2)cc1. The highest BCUT2D eigenvalue weighted by atomic mass is 32.2. The fourth-order valence-electron chi connectivity index (χ4n) is 3.30. The molecule has 3 rings (SSSR count). The number of ketones is 1. The first-order valence-corrected chi connectivity index (χ1v) is 12.8. The average Bonchev–Trinajstić information content (AvgIpc) is 3.05. The second-order valence-corrected chi connectivity index (χ2v) is 10.5. The number of nitrogens with one attached hydrogen (secondary N) is 1. The topological polar surface area (TPSA) is 96.4 Å². The molecule has 1 aliphatic heterocycles. The van der Waals surface area contributed by atoms with Crippen molar-refractivity contribution in [1.82, 2.24) is 9.29 Å². The van der Waals surface area contributed by atoms with Crippen molar-refractivity contribution in [3.8, 4) is 0 Å². The van der Waals surface area contributed by atoms with E-state index >= 15 is 0 Å². The summed E-state index contributed by atoms with van der Waals surface area (Å²) >= 11 is 1.40. The minimum atomic E-state index is -3.50. The van der Waals surface area contributed by atoms with Gasteiger partial charge in [0.1, 0.15) is 4.90 Å². The fraction of sp³-hybridized carbons (Fsp3) is 0.409. The smallest absolute Gasteiger partial charge is 0.244 e. The third-order valence-corrected chi connectivity index (χ3v) is 7.89. The molecule has 1 fully saturated rings. The van der Waals surface area contributed by atoms with Crippen LogP contribution in [-0.2, 0) is 14.8 Å². The van der Waals surface area contributed by atoms with E-state index in [1.807, 2.05) is 0 Å². The highest BCUT2D eigenvalue weighted by molar-refractivity contribution is 7.99. The number of nitrogens with zero attached hydrogens (tertiary/aromatic N) is 2. The monoisotopic (exact) mass is 461 g/mol. The Morgan fingerprint density at radius 2 is 1.71 bits per heavy atom. The summed E-state index contributed by atoms with van der Waals surface area (Å²) in [6.45, 7) is 2.62. The molecule has 1 aromatic heterocycles. The van der Waals surface area contributed by atoms with Gasteiger partial charge in [-0.15, -0.1) is 11.8 Å². The van der Waals surface area contributed by atoms with Gasteiger partial charge in [0.15, 0.2) is 5.78 Å². The number of thioether (sulfide) groups is 1. The molecule has 31 heavy (non-hydrogen) atoms. The van der Waals surface area contributed by atoms with Crippen LogP contribution in [0.1, 0.15) is 49.4 Å². The standard InChI is InChI=1S/C22H27N3O4S2/c1-17(26)18-6-8-19(9-7-18)24-21(27)12-15-30-22-11-10-20(16-23-22)31(28,29)25-13-4-2-3-5-14-25/h6-11,16H,2-5,12-15H2,1H3,(H,24,27). The van der Waals surface area contributed by atoms with Gasteiger partial charge >= 0.3 is 0 Å². The largest absolute Gasteiger partial charge is 0.326 e. The van der Waals surface area contributed by atoms with E-state index in [0.29, 0.717) is 35.1 Å². The number of hydrogen-bond donors (Lipinski definition) is 1. The number of Topliss-reactive ketones (excluding diaryl/α,β-unsaturated/α-hetero) is 1. The number of sulfonamides is 1. The van der Waals surface area contributed by atoms with E-state index in [1.54, 1.807) is 40.7 Å². The van der Waals surface area contributed by atoms with Gasteiger partial charge in [-0.05, 0) is 56.2 Å². The van der Waals surface area contributed by atoms with Crippen molar-refractivity contribution < 1.29 is 18.0 Å². The number of amides is 1. The Morgan fingerprint density at radius 1 is 1.03 bits per heavy atom. The van der Waals surface area contributed by atoms with E-state index in [4.69, 9.17) is 0 Å². The lowest BCUT2D eigenvalue weighted by molar-refractivity contribution is -0.115. The third kappa shape index (κ3) is 6.62. The van der Waals surface area contributed by atoms with Crippen LogP contribution < -0.4 is 5.32 Å². The second-order valence-electron chi connectivity index (χ2n) is 7.43. The normalized spacial score (nSPS) is 15.3. The van der Waals surface area contributed by atoms with Crippen molar-refractivity contribution in [2.24, 2.45) is 0 Å². The fourth-order valence-corrected chi connectivity index (χ4v) is 5.55. The highest BCUT2D eigenvalue weighted by Crippen LogP contribution is 2.22. The van der Waals surface area contributed by atoms with Gasteiger partial charge in [0.05, 0.1) is 5.03 Å². The first kappa shape index (κ1) is 23.4. The molecule has 1 amide bonds. The van der Waals surface area contributed by atoms with Gasteiger partial charge < -0.3 is 5.32 Å². The molecule has 1 N–H and O–H groups in total. The number of pyridine rings is 1. The van der Waals surface area contributed by atoms with Crippen molar-refractivity contribution in [3.63, 3.8) is 0 Å². The van der Waals surface area contributed by atoms with Gasteiger partial charge in [0.25, 0.3) is 0 Å². The van der Waals surface area contributed by atoms with E-state index in [0.717, 1.165) is 25.7 Å². The summed E-state index contributed by atoms with van der Waals surface area (Å²) < 4.78 is 27.1. The number of hydrogen-bond acceptors (Lipinski definition) is 6. The molecule has 0 saturated carbocycles. The molecule has 9 heteroatoms. The average molecular weight is 462 g/mol. The maximum Gasteiger partial charge on any atom is 0.244 e. The lowest BCUT2D eigenvalue weighted by Crippen LogP contribution is -2.32. The zero-order valence-corrected chi connectivity index (χ0v) is 19.2. The third-order valence-electron chi connectivity index (χ3n) is 5.07. The summed E-state index contributed by atoms with van der Waals surface area (Å²) in [5.41, 5.74) is 1.24. The summed E-state index contributed by atoms with van der Waals surface area (Å²) in [5.74, 6) is 0.359. The van der Waals surface area contributed by atoms with Gasteiger partial charge in [-0.25, -0.2) is 13.4 Å². The maximum atomic E-state index is 12.8. The molecule has 2 heterocycles. The summed E-state index contributed by atoms with van der Waals surface area (Å²) in [6.07, 6.45) is 5.61. The molecule has 0 unspecified atom stereocenters. The van der Waals surface area contributed by atoms with Gasteiger partial charge in [-0.2, -0.15) is 4.31 Å². The predicted octanol–water partition coefficient (Wildman–Crippen LogP) is 3.97. The van der Waals surface area contributed by atoms with Crippen molar-refractivity contribution in [2.75, 3.05) is 24.2 Å². The maximum absolute atomic E-state index is 12.8. The zero-order valence-electron chi connectivity index (χ0n) is 17.5. The van der Waals surface area contributed by atoms with E-state index < -0.39 is 10.0 Å². The Labute approximate surface area is 187 Å². The Morgan fingerprint density at radius 3 is 2.29 bits per heavy atom. The molecule has 0 atom stereocenters. The van der Waals surface area contributed by atoms with Crippen LogP contribution in [0.15, 0.2) is 52.5 Å². The minimum absolute atomic E-state index is 0.0213. The van der Waals surface area contributed by atoms with Crippen LogP contribution in [0.4, 0.5) is 5.69 Å². The van der Waals surface area contributed by atoms with E-state index in [2.05, 4.69) is 10.3 Å². The van der Waals surface area contributed by atoms with E-state index in [9.17, 15) is 18.0 Å². The molecule has 1 aromatic carbocycles. The number of rotatable bonds is 8. The first-order chi connectivity index (χ1) is 14.9. The molecule has 1 saturated heterocycles. The number of anilines is 1. The van der Waals surface area contributed by atoms with Crippen LogP contribution in [0.3, 0.4) is 0 Å². The van der Waals surface area contributed by atoms with Crippen molar-refractivity contribution in [1.29, 1.82) is 0 Å². The molecular formula is C22H27N3O4S2. The van der Waals surface area contributed by atoms with Crippen LogP contribution in [-0.4, -0.2) is 48.2 Å². The van der Waals surface area contributed by atoms with Gasteiger partial charge in [0, 0.05) is 42.7 Å². The van der Waals surface area contributed by atoms with Gasteiger partial charge in [0.2, 0.25) is 15.9 Å². The predicted molar refractivity (Wildman–Crippen MR) is 122 cm³/mol. The number of benzene rings is 1. The molecule has 0 aliphatic carbocycles. The molecule has 0 spiro atoms.